The van der Waals surface area contributed by atoms with Crippen molar-refractivity contribution in [2.45, 2.75) is 12.5 Å². The minimum absolute atomic E-state index is 0.0301. The summed E-state index contributed by atoms with van der Waals surface area (Å²) in [5.41, 5.74) is 2.13. The van der Waals surface area contributed by atoms with Crippen LogP contribution in [0.4, 0.5) is 0 Å². The van der Waals surface area contributed by atoms with Gasteiger partial charge in [0, 0.05) is 4.88 Å². The SMILES string of the molecule is O=C(Cc1ccc2ccccc2c1)NC(c1ccccc1)c1cccs1. The molecule has 0 saturated heterocycles. The van der Waals surface area contributed by atoms with Crippen molar-refractivity contribution in [2.75, 3.05) is 0 Å². The lowest BCUT2D eigenvalue weighted by atomic mass is 10.0. The summed E-state index contributed by atoms with van der Waals surface area (Å²) in [4.78, 5) is 13.9. The molecule has 3 aromatic carbocycles. The van der Waals surface area contributed by atoms with Gasteiger partial charge in [-0.1, -0.05) is 78.9 Å². The van der Waals surface area contributed by atoms with Gasteiger partial charge in [0.05, 0.1) is 12.5 Å². The maximum atomic E-state index is 12.7. The van der Waals surface area contributed by atoms with Crippen molar-refractivity contribution < 1.29 is 4.79 Å². The first kappa shape index (κ1) is 16.6. The maximum Gasteiger partial charge on any atom is 0.225 e. The molecule has 1 unspecified atom stereocenters. The Morgan fingerprint density at radius 1 is 0.846 bits per heavy atom. The average molecular weight is 357 g/mol. The standard InChI is InChI=1S/C23H19NOS/c25-22(16-17-12-13-18-7-4-5-10-20(18)15-17)24-23(21-11-6-14-26-21)19-8-2-1-3-9-19/h1-15,23H,16H2,(H,24,25). The Kier molecular flexibility index (Phi) is 4.80. The van der Waals surface area contributed by atoms with Crippen LogP contribution in [0.25, 0.3) is 10.8 Å². The first-order valence-corrected chi connectivity index (χ1v) is 9.53. The van der Waals surface area contributed by atoms with Crippen molar-refractivity contribution in [3.05, 3.63) is 106 Å². The van der Waals surface area contributed by atoms with Crippen molar-refractivity contribution >= 4 is 28.0 Å². The number of carbonyl (C=O) groups is 1. The molecule has 1 aromatic heterocycles. The number of amides is 1. The first-order chi connectivity index (χ1) is 12.8. The molecule has 4 rings (SSSR count). The van der Waals surface area contributed by atoms with Gasteiger partial charge >= 0.3 is 0 Å². The number of thiophene rings is 1. The first-order valence-electron chi connectivity index (χ1n) is 8.65. The molecule has 0 aliphatic heterocycles. The highest BCUT2D eigenvalue weighted by atomic mass is 32.1. The molecule has 128 valence electrons. The van der Waals surface area contributed by atoms with Crippen LogP contribution in [0.5, 0.6) is 0 Å². The molecule has 1 amide bonds. The summed E-state index contributed by atoms with van der Waals surface area (Å²) in [5, 5.41) is 7.60. The fraction of sp³-hybridized carbons (Fsp3) is 0.0870. The highest BCUT2D eigenvalue weighted by Crippen LogP contribution is 2.26. The molecule has 4 aromatic rings. The van der Waals surface area contributed by atoms with E-state index in [0.29, 0.717) is 6.42 Å². The third-order valence-corrected chi connectivity index (χ3v) is 5.38. The topological polar surface area (TPSA) is 29.1 Å². The third kappa shape index (κ3) is 3.68. The van der Waals surface area contributed by atoms with Crippen LogP contribution < -0.4 is 5.32 Å². The van der Waals surface area contributed by atoms with E-state index in [-0.39, 0.29) is 11.9 Å². The number of carbonyl (C=O) groups excluding carboxylic acids is 1. The molecule has 3 heteroatoms. The van der Waals surface area contributed by atoms with Gasteiger partial charge in [-0.25, -0.2) is 0 Å². The monoisotopic (exact) mass is 357 g/mol. The molecule has 1 atom stereocenters. The summed E-state index contributed by atoms with van der Waals surface area (Å²) in [6.07, 6.45) is 0.375. The Morgan fingerprint density at radius 2 is 1.62 bits per heavy atom. The molecular weight excluding hydrogens is 338 g/mol. The van der Waals surface area contributed by atoms with E-state index in [9.17, 15) is 4.79 Å². The predicted molar refractivity (Wildman–Crippen MR) is 108 cm³/mol. The van der Waals surface area contributed by atoms with Crippen LogP contribution in [0.2, 0.25) is 0 Å². The summed E-state index contributed by atoms with van der Waals surface area (Å²) in [6.45, 7) is 0. The molecule has 0 aliphatic carbocycles. The largest absolute Gasteiger partial charge is 0.344 e. The van der Waals surface area contributed by atoms with Gasteiger partial charge in [0.1, 0.15) is 0 Å². The van der Waals surface area contributed by atoms with Crippen LogP contribution >= 0.6 is 11.3 Å². The number of hydrogen-bond acceptors (Lipinski definition) is 2. The summed E-state index contributed by atoms with van der Waals surface area (Å²) >= 11 is 1.66. The van der Waals surface area contributed by atoms with Gasteiger partial charge in [-0.3, -0.25) is 4.79 Å². The van der Waals surface area contributed by atoms with E-state index in [1.54, 1.807) is 11.3 Å². The highest BCUT2D eigenvalue weighted by molar-refractivity contribution is 7.10. The molecule has 0 saturated carbocycles. The van der Waals surface area contributed by atoms with E-state index in [4.69, 9.17) is 0 Å². The smallest absolute Gasteiger partial charge is 0.225 e. The predicted octanol–water partition coefficient (Wildman–Crippen LogP) is 5.35. The van der Waals surface area contributed by atoms with E-state index < -0.39 is 0 Å². The highest BCUT2D eigenvalue weighted by Gasteiger charge is 2.17. The molecule has 0 fully saturated rings. The maximum absolute atomic E-state index is 12.7. The van der Waals surface area contributed by atoms with Gasteiger partial charge in [-0.05, 0) is 33.3 Å². The van der Waals surface area contributed by atoms with Gasteiger partial charge in [-0.15, -0.1) is 11.3 Å². The zero-order valence-electron chi connectivity index (χ0n) is 14.3. The van der Waals surface area contributed by atoms with Crippen molar-refractivity contribution in [2.24, 2.45) is 0 Å². The Hall–Kier alpha value is -2.91. The lowest BCUT2D eigenvalue weighted by molar-refractivity contribution is -0.120. The van der Waals surface area contributed by atoms with Crippen molar-refractivity contribution in [1.82, 2.24) is 5.32 Å². The number of rotatable bonds is 5. The lowest BCUT2D eigenvalue weighted by Crippen LogP contribution is -2.30. The van der Waals surface area contributed by atoms with Crippen LogP contribution in [0.1, 0.15) is 22.0 Å². The van der Waals surface area contributed by atoms with Crippen LogP contribution in [0.15, 0.2) is 90.3 Å². The average Bonchev–Trinajstić information content (AvgIpc) is 3.21. The fourth-order valence-electron chi connectivity index (χ4n) is 3.17. The van der Waals surface area contributed by atoms with Gasteiger partial charge in [-0.2, -0.15) is 0 Å². The van der Waals surface area contributed by atoms with E-state index in [0.717, 1.165) is 21.4 Å². The molecule has 1 heterocycles. The van der Waals surface area contributed by atoms with Crippen LogP contribution in [-0.4, -0.2) is 5.91 Å². The van der Waals surface area contributed by atoms with Gasteiger partial charge < -0.3 is 5.32 Å². The Morgan fingerprint density at radius 3 is 2.38 bits per heavy atom. The Labute approximate surface area is 157 Å². The second-order valence-corrected chi connectivity index (χ2v) is 7.26. The minimum atomic E-state index is -0.107. The lowest BCUT2D eigenvalue weighted by Gasteiger charge is -2.18. The number of nitrogens with one attached hydrogen (secondary N) is 1. The quantitative estimate of drug-likeness (QED) is 0.512. The molecule has 0 aliphatic rings. The van der Waals surface area contributed by atoms with Crippen molar-refractivity contribution in [1.29, 1.82) is 0 Å². The number of benzene rings is 3. The summed E-state index contributed by atoms with van der Waals surface area (Å²) in [5.74, 6) is 0.0301. The summed E-state index contributed by atoms with van der Waals surface area (Å²) in [6, 6.07) is 28.5. The molecule has 26 heavy (non-hydrogen) atoms. The number of fused-ring (bicyclic) bond motifs is 1. The second kappa shape index (κ2) is 7.54. The summed E-state index contributed by atoms with van der Waals surface area (Å²) in [7, 11) is 0. The van der Waals surface area contributed by atoms with Crippen molar-refractivity contribution in [3.8, 4) is 0 Å². The minimum Gasteiger partial charge on any atom is -0.344 e. The van der Waals surface area contributed by atoms with E-state index in [2.05, 4.69) is 47.8 Å². The molecule has 0 bridgehead atoms. The van der Waals surface area contributed by atoms with E-state index in [1.807, 2.05) is 47.8 Å². The number of hydrogen-bond donors (Lipinski definition) is 1. The zero-order chi connectivity index (χ0) is 17.8. The third-order valence-electron chi connectivity index (χ3n) is 4.44. The Balaban J connectivity index is 1.54. The molecule has 0 spiro atoms. The summed E-state index contributed by atoms with van der Waals surface area (Å²) < 4.78 is 0. The molecule has 2 nitrogen and oxygen atoms in total. The zero-order valence-corrected chi connectivity index (χ0v) is 15.1. The fourth-order valence-corrected chi connectivity index (χ4v) is 3.97. The van der Waals surface area contributed by atoms with Crippen molar-refractivity contribution in [3.63, 3.8) is 0 Å². The van der Waals surface area contributed by atoms with Crippen LogP contribution in [0, 0.1) is 0 Å². The molecular formula is C23H19NOS. The molecule has 0 radical (unpaired) electrons. The van der Waals surface area contributed by atoms with E-state index in [1.165, 1.54) is 5.39 Å². The second-order valence-electron chi connectivity index (χ2n) is 6.28. The Bertz CT molecular complexity index is 1010. The normalized spacial score (nSPS) is 12.0. The van der Waals surface area contributed by atoms with Gasteiger partial charge in [0.2, 0.25) is 5.91 Å². The molecule has 1 N–H and O–H groups in total. The van der Waals surface area contributed by atoms with Crippen LogP contribution in [-0.2, 0) is 11.2 Å². The van der Waals surface area contributed by atoms with Gasteiger partial charge in [0.15, 0.2) is 0 Å². The van der Waals surface area contributed by atoms with Gasteiger partial charge in [0.25, 0.3) is 0 Å². The van der Waals surface area contributed by atoms with Crippen LogP contribution in [0.3, 0.4) is 0 Å². The van der Waals surface area contributed by atoms with E-state index >= 15 is 0 Å².